The van der Waals surface area contributed by atoms with E-state index in [2.05, 4.69) is 0 Å². The van der Waals surface area contributed by atoms with Crippen molar-refractivity contribution in [3.8, 4) is 0 Å². The number of thiophene rings is 1. The highest BCUT2D eigenvalue weighted by Gasteiger charge is 2.35. The summed E-state index contributed by atoms with van der Waals surface area (Å²) in [4.78, 5) is 26.0. The number of furan rings is 1. The van der Waals surface area contributed by atoms with E-state index in [0.717, 1.165) is 16.9 Å². The van der Waals surface area contributed by atoms with Crippen LogP contribution in [0.1, 0.15) is 43.5 Å². The molecule has 0 saturated heterocycles. The molecule has 0 aliphatic heterocycles. The number of hydrogen-bond acceptors (Lipinski definition) is 4. The van der Waals surface area contributed by atoms with E-state index in [9.17, 15) is 9.59 Å². The second-order valence-electron chi connectivity index (χ2n) is 4.90. The first-order valence-corrected chi connectivity index (χ1v) is 7.17. The summed E-state index contributed by atoms with van der Waals surface area (Å²) < 4.78 is 5.39. The van der Waals surface area contributed by atoms with Gasteiger partial charge in [-0.25, -0.2) is 0 Å². The SMILES string of the molecule is Cc1cc(C(=O)C2CCc3sccc3C2=O)c(C)o1. The number of rotatable bonds is 2. The third-order valence-corrected chi connectivity index (χ3v) is 4.59. The highest BCUT2D eigenvalue weighted by Crippen LogP contribution is 2.32. The number of fused-ring (bicyclic) bond motifs is 1. The lowest BCUT2D eigenvalue weighted by Gasteiger charge is -2.19. The molecule has 0 fully saturated rings. The van der Waals surface area contributed by atoms with Gasteiger partial charge in [0.05, 0.1) is 11.5 Å². The molecule has 19 heavy (non-hydrogen) atoms. The molecule has 4 heteroatoms. The zero-order valence-corrected chi connectivity index (χ0v) is 11.7. The summed E-state index contributed by atoms with van der Waals surface area (Å²) in [6, 6.07) is 3.56. The Morgan fingerprint density at radius 1 is 1.42 bits per heavy atom. The molecule has 2 aromatic rings. The third kappa shape index (κ3) is 1.96. The van der Waals surface area contributed by atoms with E-state index in [1.165, 1.54) is 0 Å². The van der Waals surface area contributed by atoms with E-state index >= 15 is 0 Å². The van der Waals surface area contributed by atoms with Gasteiger partial charge in [-0.15, -0.1) is 11.3 Å². The normalized spacial score (nSPS) is 18.4. The zero-order chi connectivity index (χ0) is 13.6. The van der Waals surface area contributed by atoms with Crippen LogP contribution in [0.2, 0.25) is 0 Å². The molecule has 3 rings (SSSR count). The van der Waals surface area contributed by atoms with E-state index in [-0.39, 0.29) is 11.6 Å². The van der Waals surface area contributed by atoms with Crippen LogP contribution in [-0.4, -0.2) is 11.6 Å². The molecule has 0 bridgehead atoms. The molecule has 2 heterocycles. The molecular formula is C15H14O3S. The van der Waals surface area contributed by atoms with Gasteiger partial charge in [-0.05, 0) is 44.2 Å². The van der Waals surface area contributed by atoms with Crippen LogP contribution in [0.5, 0.6) is 0 Å². The fourth-order valence-electron chi connectivity index (χ4n) is 2.66. The Balaban J connectivity index is 1.94. The Morgan fingerprint density at radius 2 is 2.21 bits per heavy atom. The number of carbonyl (C=O) groups is 2. The first-order chi connectivity index (χ1) is 9.08. The van der Waals surface area contributed by atoms with Gasteiger partial charge in [-0.2, -0.15) is 0 Å². The average Bonchev–Trinajstić information content (AvgIpc) is 2.96. The van der Waals surface area contributed by atoms with Crippen molar-refractivity contribution in [2.45, 2.75) is 26.7 Å². The van der Waals surface area contributed by atoms with Crippen LogP contribution in [0, 0.1) is 19.8 Å². The molecule has 1 aliphatic carbocycles. The molecule has 0 amide bonds. The summed E-state index contributed by atoms with van der Waals surface area (Å²) in [5.41, 5.74) is 1.28. The average molecular weight is 274 g/mol. The first kappa shape index (κ1) is 12.4. The fraction of sp³-hybridized carbons (Fsp3) is 0.333. The Kier molecular flexibility index (Phi) is 2.90. The van der Waals surface area contributed by atoms with Gasteiger partial charge in [0.2, 0.25) is 0 Å². The maximum absolute atomic E-state index is 12.5. The van der Waals surface area contributed by atoms with Crippen molar-refractivity contribution in [1.29, 1.82) is 0 Å². The predicted octanol–water partition coefficient (Wildman–Crippen LogP) is 3.59. The molecule has 0 radical (unpaired) electrons. The molecule has 0 saturated carbocycles. The number of aryl methyl sites for hydroxylation is 3. The quantitative estimate of drug-likeness (QED) is 0.621. The lowest BCUT2D eigenvalue weighted by Crippen LogP contribution is -2.28. The van der Waals surface area contributed by atoms with Gasteiger partial charge in [0.15, 0.2) is 11.6 Å². The minimum Gasteiger partial charge on any atom is -0.466 e. The van der Waals surface area contributed by atoms with Crippen molar-refractivity contribution in [2.24, 2.45) is 5.92 Å². The third-order valence-electron chi connectivity index (χ3n) is 3.61. The van der Waals surface area contributed by atoms with Gasteiger partial charge in [0.1, 0.15) is 11.5 Å². The topological polar surface area (TPSA) is 47.3 Å². The molecule has 2 aromatic heterocycles. The van der Waals surface area contributed by atoms with Crippen LogP contribution in [-0.2, 0) is 6.42 Å². The van der Waals surface area contributed by atoms with Gasteiger partial charge in [0, 0.05) is 10.4 Å². The molecule has 1 aliphatic rings. The summed E-state index contributed by atoms with van der Waals surface area (Å²) in [6.07, 6.45) is 1.42. The van der Waals surface area contributed by atoms with Crippen molar-refractivity contribution in [3.05, 3.63) is 45.0 Å². The number of ketones is 2. The van der Waals surface area contributed by atoms with Gasteiger partial charge in [-0.1, -0.05) is 0 Å². The van der Waals surface area contributed by atoms with E-state index < -0.39 is 5.92 Å². The molecule has 0 spiro atoms. The molecule has 1 unspecified atom stereocenters. The molecule has 1 atom stereocenters. The van der Waals surface area contributed by atoms with Gasteiger partial charge in [0.25, 0.3) is 0 Å². The molecule has 98 valence electrons. The standard InChI is InChI=1S/C15H14O3S/c1-8-7-12(9(2)18-8)15(17)11-3-4-13-10(14(11)16)5-6-19-13/h5-7,11H,3-4H2,1-2H3. The van der Waals surface area contributed by atoms with E-state index in [0.29, 0.717) is 23.5 Å². The Labute approximate surface area is 115 Å². The van der Waals surface area contributed by atoms with Gasteiger partial charge in [-0.3, -0.25) is 9.59 Å². The lowest BCUT2D eigenvalue weighted by molar-refractivity contribution is 0.0791. The molecule has 0 N–H and O–H groups in total. The van der Waals surface area contributed by atoms with Crippen molar-refractivity contribution < 1.29 is 14.0 Å². The summed E-state index contributed by atoms with van der Waals surface area (Å²) >= 11 is 1.60. The number of Topliss-reactive ketones (excluding diaryl/α,β-unsaturated/α-hetero) is 2. The van der Waals surface area contributed by atoms with Crippen LogP contribution in [0.15, 0.2) is 21.9 Å². The maximum atomic E-state index is 12.5. The first-order valence-electron chi connectivity index (χ1n) is 6.29. The van der Waals surface area contributed by atoms with Crippen LogP contribution in [0.3, 0.4) is 0 Å². The van der Waals surface area contributed by atoms with E-state index in [1.54, 1.807) is 24.3 Å². The van der Waals surface area contributed by atoms with Crippen LogP contribution in [0.4, 0.5) is 0 Å². The summed E-state index contributed by atoms with van der Waals surface area (Å²) in [6.45, 7) is 3.58. The summed E-state index contributed by atoms with van der Waals surface area (Å²) in [5.74, 6) is 0.631. The lowest BCUT2D eigenvalue weighted by atomic mass is 9.82. The van der Waals surface area contributed by atoms with Crippen LogP contribution < -0.4 is 0 Å². The predicted molar refractivity (Wildman–Crippen MR) is 73.0 cm³/mol. The number of carbonyl (C=O) groups excluding carboxylic acids is 2. The highest BCUT2D eigenvalue weighted by atomic mass is 32.1. The zero-order valence-electron chi connectivity index (χ0n) is 10.9. The van der Waals surface area contributed by atoms with Crippen molar-refractivity contribution in [2.75, 3.05) is 0 Å². The second kappa shape index (κ2) is 4.46. The van der Waals surface area contributed by atoms with E-state index in [1.807, 2.05) is 18.4 Å². The molecule has 3 nitrogen and oxygen atoms in total. The second-order valence-corrected chi connectivity index (χ2v) is 5.90. The molecule has 0 aromatic carbocycles. The Morgan fingerprint density at radius 3 is 2.89 bits per heavy atom. The minimum absolute atomic E-state index is 0.0363. The van der Waals surface area contributed by atoms with E-state index in [4.69, 9.17) is 4.42 Å². The monoisotopic (exact) mass is 274 g/mol. The summed E-state index contributed by atoms with van der Waals surface area (Å²) in [7, 11) is 0. The minimum atomic E-state index is -0.544. The fourth-order valence-corrected chi connectivity index (χ4v) is 3.56. The highest BCUT2D eigenvalue weighted by molar-refractivity contribution is 7.10. The smallest absolute Gasteiger partial charge is 0.177 e. The van der Waals surface area contributed by atoms with Gasteiger partial charge < -0.3 is 4.42 Å². The van der Waals surface area contributed by atoms with Crippen LogP contribution in [0.25, 0.3) is 0 Å². The van der Waals surface area contributed by atoms with Crippen LogP contribution >= 0.6 is 11.3 Å². The van der Waals surface area contributed by atoms with Crippen molar-refractivity contribution in [3.63, 3.8) is 0 Å². The summed E-state index contributed by atoms with van der Waals surface area (Å²) in [5, 5.41) is 1.92. The Bertz CT molecular complexity index is 663. The largest absolute Gasteiger partial charge is 0.466 e. The van der Waals surface area contributed by atoms with Crippen molar-refractivity contribution >= 4 is 22.9 Å². The van der Waals surface area contributed by atoms with Gasteiger partial charge >= 0.3 is 0 Å². The molecular weight excluding hydrogens is 260 g/mol. The Hall–Kier alpha value is -1.68. The van der Waals surface area contributed by atoms with Crippen molar-refractivity contribution in [1.82, 2.24) is 0 Å². The number of hydrogen-bond donors (Lipinski definition) is 0. The maximum Gasteiger partial charge on any atom is 0.177 e.